The average molecular weight is 443 g/mol. The fourth-order valence-electron chi connectivity index (χ4n) is 3.09. The molecular formula is C26H22N2O3S. The molecule has 0 aliphatic rings. The standard InChI is InChI=1S/C26H22N2O3S/c1-30-21-11-6-19(7-12-21)8-15-25(29)20-9-13-22(14-10-20)31-16-17-32-26-23-4-2-3-5-24(23)27-18-28-26/h2-15,18H,16-17H2,1H3/b15-8+. The number of hydrogen-bond acceptors (Lipinski definition) is 6. The van der Waals surface area contributed by atoms with Crippen molar-refractivity contribution in [1.29, 1.82) is 0 Å². The van der Waals surface area contributed by atoms with Crippen LogP contribution in [0.3, 0.4) is 0 Å². The number of rotatable bonds is 9. The molecule has 0 saturated heterocycles. The molecule has 0 saturated carbocycles. The molecule has 0 spiro atoms. The summed E-state index contributed by atoms with van der Waals surface area (Å²) in [6, 6.07) is 22.7. The Kier molecular flexibility index (Phi) is 7.15. The summed E-state index contributed by atoms with van der Waals surface area (Å²) in [5, 5.41) is 1.99. The predicted octanol–water partition coefficient (Wildman–Crippen LogP) is 5.71. The highest BCUT2D eigenvalue weighted by Crippen LogP contribution is 2.24. The van der Waals surface area contributed by atoms with Crippen LogP contribution in [0.25, 0.3) is 17.0 Å². The van der Waals surface area contributed by atoms with Gasteiger partial charge in [0, 0.05) is 16.7 Å². The molecule has 3 aromatic carbocycles. The maximum absolute atomic E-state index is 12.4. The molecule has 1 aromatic heterocycles. The van der Waals surface area contributed by atoms with Gasteiger partial charge in [-0.2, -0.15) is 0 Å². The summed E-state index contributed by atoms with van der Waals surface area (Å²) in [6.45, 7) is 0.535. The number of fused-ring (bicyclic) bond motifs is 1. The number of hydrogen-bond donors (Lipinski definition) is 0. The van der Waals surface area contributed by atoms with Crippen LogP contribution in [0.2, 0.25) is 0 Å². The van der Waals surface area contributed by atoms with Crippen molar-refractivity contribution < 1.29 is 14.3 Å². The minimum absolute atomic E-state index is 0.0569. The third kappa shape index (κ3) is 5.53. The SMILES string of the molecule is COc1ccc(/C=C/C(=O)c2ccc(OCCSc3ncnc4ccccc34)cc2)cc1. The summed E-state index contributed by atoms with van der Waals surface area (Å²) in [7, 11) is 1.63. The highest BCUT2D eigenvalue weighted by Gasteiger charge is 2.05. The Morgan fingerprint density at radius 3 is 2.47 bits per heavy atom. The first kappa shape index (κ1) is 21.6. The molecule has 1 heterocycles. The van der Waals surface area contributed by atoms with E-state index < -0.39 is 0 Å². The van der Waals surface area contributed by atoms with Gasteiger partial charge in [-0.1, -0.05) is 36.4 Å². The number of thioether (sulfide) groups is 1. The van der Waals surface area contributed by atoms with Crippen molar-refractivity contribution in [2.75, 3.05) is 19.5 Å². The molecule has 4 aromatic rings. The molecule has 0 unspecified atom stereocenters. The lowest BCUT2D eigenvalue weighted by Gasteiger charge is -2.07. The van der Waals surface area contributed by atoms with Crippen molar-refractivity contribution >= 4 is 34.5 Å². The number of allylic oxidation sites excluding steroid dienone is 1. The van der Waals surface area contributed by atoms with Gasteiger partial charge in [-0.25, -0.2) is 9.97 Å². The van der Waals surface area contributed by atoms with Gasteiger partial charge in [-0.05, 0) is 54.1 Å². The van der Waals surface area contributed by atoms with Gasteiger partial charge < -0.3 is 9.47 Å². The van der Waals surface area contributed by atoms with Crippen molar-refractivity contribution in [2.45, 2.75) is 5.03 Å². The maximum atomic E-state index is 12.4. The number of aromatic nitrogens is 2. The van der Waals surface area contributed by atoms with Gasteiger partial charge in [0.1, 0.15) is 22.9 Å². The Morgan fingerprint density at radius 2 is 1.69 bits per heavy atom. The van der Waals surface area contributed by atoms with E-state index >= 15 is 0 Å². The van der Waals surface area contributed by atoms with Gasteiger partial charge in [-0.3, -0.25) is 4.79 Å². The minimum atomic E-state index is -0.0569. The molecule has 6 heteroatoms. The fraction of sp³-hybridized carbons (Fsp3) is 0.115. The molecule has 4 rings (SSSR count). The molecule has 0 aliphatic heterocycles. The van der Waals surface area contributed by atoms with Gasteiger partial charge in [0.15, 0.2) is 5.78 Å². The minimum Gasteiger partial charge on any atom is -0.497 e. The van der Waals surface area contributed by atoms with E-state index in [1.165, 1.54) is 0 Å². The number of nitrogens with zero attached hydrogens (tertiary/aromatic N) is 2. The highest BCUT2D eigenvalue weighted by molar-refractivity contribution is 7.99. The van der Waals surface area contributed by atoms with Crippen LogP contribution in [0.4, 0.5) is 0 Å². The zero-order valence-corrected chi connectivity index (χ0v) is 18.4. The first-order chi connectivity index (χ1) is 15.7. The lowest BCUT2D eigenvalue weighted by atomic mass is 10.1. The molecule has 0 radical (unpaired) electrons. The second-order valence-corrected chi connectivity index (χ2v) is 7.97. The summed E-state index contributed by atoms with van der Waals surface area (Å²) in [4.78, 5) is 21.1. The smallest absolute Gasteiger partial charge is 0.185 e. The summed E-state index contributed by atoms with van der Waals surface area (Å²) in [5.41, 5.74) is 2.49. The van der Waals surface area contributed by atoms with Gasteiger partial charge in [-0.15, -0.1) is 11.8 Å². The Hall–Kier alpha value is -3.64. The van der Waals surface area contributed by atoms with Crippen molar-refractivity contribution in [3.05, 3.63) is 96.3 Å². The van der Waals surface area contributed by atoms with Gasteiger partial charge in [0.05, 0.1) is 19.2 Å². The Bertz CT molecular complexity index is 1220. The number of ether oxygens (including phenoxy) is 2. The largest absolute Gasteiger partial charge is 0.497 e. The number of carbonyl (C=O) groups excluding carboxylic acids is 1. The third-order valence-electron chi connectivity index (χ3n) is 4.78. The van der Waals surface area contributed by atoms with Crippen molar-refractivity contribution in [3.63, 3.8) is 0 Å². The predicted molar refractivity (Wildman–Crippen MR) is 129 cm³/mol. The van der Waals surface area contributed by atoms with E-state index in [9.17, 15) is 4.79 Å². The molecule has 5 nitrogen and oxygen atoms in total. The van der Waals surface area contributed by atoms with Crippen LogP contribution >= 0.6 is 11.8 Å². The molecule has 32 heavy (non-hydrogen) atoms. The summed E-state index contributed by atoms with van der Waals surface area (Å²) in [6.07, 6.45) is 4.95. The van der Waals surface area contributed by atoms with Crippen LogP contribution in [0, 0.1) is 0 Å². The third-order valence-corrected chi connectivity index (χ3v) is 5.75. The first-order valence-electron chi connectivity index (χ1n) is 10.1. The van der Waals surface area contributed by atoms with Crippen LogP contribution in [-0.4, -0.2) is 35.2 Å². The second-order valence-electron chi connectivity index (χ2n) is 6.89. The number of benzene rings is 3. The zero-order chi connectivity index (χ0) is 22.2. The van der Waals surface area contributed by atoms with Crippen LogP contribution in [0.1, 0.15) is 15.9 Å². The molecule has 0 bridgehead atoms. The molecule has 160 valence electrons. The van der Waals surface area contributed by atoms with Crippen LogP contribution in [0.5, 0.6) is 11.5 Å². The molecule has 0 amide bonds. The van der Waals surface area contributed by atoms with E-state index in [4.69, 9.17) is 9.47 Å². The quantitative estimate of drug-likeness (QED) is 0.109. The summed E-state index contributed by atoms with van der Waals surface area (Å²) < 4.78 is 11.0. The lowest BCUT2D eigenvalue weighted by Crippen LogP contribution is -2.01. The number of methoxy groups -OCH3 is 1. The molecule has 0 aliphatic carbocycles. The van der Waals surface area contributed by atoms with Gasteiger partial charge in [0.2, 0.25) is 0 Å². The second kappa shape index (κ2) is 10.6. The molecule has 0 N–H and O–H groups in total. The fourth-order valence-corrected chi connectivity index (χ4v) is 3.90. The van der Waals surface area contributed by atoms with E-state index in [-0.39, 0.29) is 5.78 Å². The van der Waals surface area contributed by atoms with Crippen LogP contribution < -0.4 is 9.47 Å². The number of para-hydroxylation sites is 1. The molecule has 0 atom stereocenters. The average Bonchev–Trinajstić information content (AvgIpc) is 2.86. The Morgan fingerprint density at radius 1 is 0.938 bits per heavy atom. The number of ketones is 1. The van der Waals surface area contributed by atoms with Crippen molar-refractivity contribution in [2.24, 2.45) is 0 Å². The van der Waals surface area contributed by atoms with Crippen LogP contribution in [-0.2, 0) is 0 Å². The molecule has 0 fully saturated rings. The molecular weight excluding hydrogens is 420 g/mol. The first-order valence-corrected chi connectivity index (χ1v) is 11.1. The number of carbonyl (C=O) groups is 1. The summed E-state index contributed by atoms with van der Waals surface area (Å²) in [5.74, 6) is 2.21. The highest BCUT2D eigenvalue weighted by atomic mass is 32.2. The van der Waals surface area contributed by atoms with Gasteiger partial charge in [0.25, 0.3) is 0 Å². The topological polar surface area (TPSA) is 61.3 Å². The summed E-state index contributed by atoms with van der Waals surface area (Å²) >= 11 is 1.64. The lowest BCUT2D eigenvalue weighted by molar-refractivity contribution is 0.104. The zero-order valence-electron chi connectivity index (χ0n) is 17.6. The van der Waals surface area contributed by atoms with E-state index in [0.29, 0.717) is 12.2 Å². The van der Waals surface area contributed by atoms with Crippen LogP contribution in [0.15, 0.2) is 90.2 Å². The van der Waals surface area contributed by atoms with E-state index in [1.54, 1.807) is 49.5 Å². The van der Waals surface area contributed by atoms with E-state index in [1.807, 2.05) is 60.7 Å². The van der Waals surface area contributed by atoms with Gasteiger partial charge >= 0.3 is 0 Å². The normalized spacial score (nSPS) is 11.0. The Labute approximate surface area is 191 Å². The van der Waals surface area contributed by atoms with Crippen molar-refractivity contribution in [3.8, 4) is 11.5 Å². The van der Waals surface area contributed by atoms with E-state index in [0.717, 1.165) is 38.7 Å². The van der Waals surface area contributed by atoms with E-state index in [2.05, 4.69) is 9.97 Å². The monoisotopic (exact) mass is 442 g/mol. The van der Waals surface area contributed by atoms with Crippen molar-refractivity contribution in [1.82, 2.24) is 9.97 Å². The Balaban J connectivity index is 1.27. The maximum Gasteiger partial charge on any atom is 0.185 e.